The summed E-state index contributed by atoms with van der Waals surface area (Å²) < 4.78 is 55.3. The number of hydrogen-bond acceptors (Lipinski definition) is 2. The normalized spacial score (nSPS) is 15.0. The van der Waals surface area contributed by atoms with Gasteiger partial charge in [-0.2, -0.15) is 13.2 Å². The highest BCUT2D eigenvalue weighted by molar-refractivity contribution is 5.95. The highest BCUT2D eigenvalue weighted by Crippen LogP contribution is 2.43. The summed E-state index contributed by atoms with van der Waals surface area (Å²) in [4.78, 5) is 23.9. The van der Waals surface area contributed by atoms with Crippen molar-refractivity contribution in [1.82, 2.24) is 4.57 Å². The Balaban J connectivity index is 2.62. The summed E-state index contributed by atoms with van der Waals surface area (Å²) >= 11 is 0. The Bertz CT molecular complexity index is 910. The Labute approximate surface area is 133 Å². The van der Waals surface area contributed by atoms with E-state index in [-0.39, 0.29) is 18.2 Å². The fourth-order valence-electron chi connectivity index (χ4n) is 3.09. The van der Waals surface area contributed by atoms with Gasteiger partial charge in [0.15, 0.2) is 0 Å². The fourth-order valence-corrected chi connectivity index (χ4v) is 3.09. The number of halogens is 4. The Hall–Kier alpha value is -2.38. The van der Waals surface area contributed by atoms with E-state index in [4.69, 9.17) is 0 Å². The van der Waals surface area contributed by atoms with E-state index in [1.54, 1.807) is 6.92 Å². The lowest BCUT2D eigenvalue weighted by atomic mass is 10.0. The van der Waals surface area contributed by atoms with Gasteiger partial charge in [0.25, 0.3) is 0 Å². The van der Waals surface area contributed by atoms with Crippen molar-refractivity contribution in [3.05, 3.63) is 45.0 Å². The Morgan fingerprint density at radius 1 is 1.33 bits per heavy atom. The van der Waals surface area contributed by atoms with Gasteiger partial charge in [-0.05, 0) is 31.4 Å². The van der Waals surface area contributed by atoms with Crippen molar-refractivity contribution in [1.29, 1.82) is 0 Å². The van der Waals surface area contributed by atoms with E-state index >= 15 is 0 Å². The Kier molecular flexibility index (Phi) is 3.65. The number of nitrogens with zero attached hydrogens (tertiary/aromatic N) is 1. The smallest absolute Gasteiger partial charge is 0.421 e. The first-order chi connectivity index (χ1) is 11.2. The lowest BCUT2D eigenvalue weighted by Gasteiger charge is -2.21. The molecule has 0 radical (unpaired) electrons. The number of hydrogen-bond donors (Lipinski definition) is 1. The van der Waals surface area contributed by atoms with Crippen LogP contribution in [0.15, 0.2) is 16.9 Å². The van der Waals surface area contributed by atoms with Crippen LogP contribution in [0.5, 0.6) is 0 Å². The molecule has 0 unspecified atom stereocenters. The minimum absolute atomic E-state index is 0.00130. The van der Waals surface area contributed by atoms with Gasteiger partial charge in [0, 0.05) is 17.1 Å². The summed E-state index contributed by atoms with van der Waals surface area (Å²) in [6.07, 6.45) is -3.84. The maximum atomic E-state index is 14.0. The fraction of sp³-hybridized carbons (Fsp3) is 0.375. The number of pyridine rings is 1. The van der Waals surface area contributed by atoms with Crippen LogP contribution in [0.3, 0.4) is 0 Å². The minimum atomic E-state index is -5.00. The van der Waals surface area contributed by atoms with E-state index in [9.17, 15) is 32.3 Å². The summed E-state index contributed by atoms with van der Waals surface area (Å²) in [5, 5.41) is 8.91. The van der Waals surface area contributed by atoms with Gasteiger partial charge in [0.1, 0.15) is 16.9 Å². The number of fused-ring (bicyclic) bond motifs is 1. The van der Waals surface area contributed by atoms with Crippen molar-refractivity contribution in [2.45, 2.75) is 38.4 Å². The molecule has 1 fully saturated rings. The monoisotopic (exact) mass is 343 g/mol. The summed E-state index contributed by atoms with van der Waals surface area (Å²) in [6.45, 7) is 1.55. The molecule has 3 rings (SSSR count). The molecule has 0 spiro atoms. The molecule has 0 bridgehead atoms. The topological polar surface area (TPSA) is 59.3 Å². The molecule has 1 aliphatic carbocycles. The zero-order valence-electron chi connectivity index (χ0n) is 12.6. The molecule has 1 aliphatic rings. The van der Waals surface area contributed by atoms with Crippen molar-refractivity contribution in [2.75, 3.05) is 0 Å². The van der Waals surface area contributed by atoms with Gasteiger partial charge in [0.05, 0.1) is 5.52 Å². The van der Waals surface area contributed by atoms with Gasteiger partial charge >= 0.3 is 12.1 Å². The Morgan fingerprint density at radius 2 is 1.96 bits per heavy atom. The highest BCUT2D eigenvalue weighted by Gasteiger charge is 2.40. The average Bonchev–Trinajstić information content (AvgIpc) is 3.28. The van der Waals surface area contributed by atoms with Crippen LogP contribution in [0.25, 0.3) is 10.9 Å². The predicted octanol–water partition coefficient (Wildman–Crippen LogP) is 3.75. The first-order valence-electron chi connectivity index (χ1n) is 7.38. The first kappa shape index (κ1) is 16.5. The number of rotatable bonds is 3. The number of aromatic nitrogens is 1. The number of carboxylic acid groups (broad SMARTS) is 1. The predicted molar refractivity (Wildman–Crippen MR) is 77.8 cm³/mol. The SMILES string of the molecule is CCc1c(C(=O)O)c(=O)c2ccc(F)c(C(F)(F)F)c2n1C1CC1. The lowest BCUT2D eigenvalue weighted by molar-refractivity contribution is -0.138. The maximum absolute atomic E-state index is 14.0. The molecule has 1 N–H and O–H groups in total. The number of carbonyl (C=O) groups is 1. The second kappa shape index (κ2) is 5.32. The molecule has 1 heterocycles. The van der Waals surface area contributed by atoms with Crippen LogP contribution < -0.4 is 5.43 Å². The van der Waals surface area contributed by atoms with E-state index in [1.165, 1.54) is 4.57 Å². The summed E-state index contributed by atoms with van der Waals surface area (Å²) in [6, 6.07) is 1.12. The van der Waals surface area contributed by atoms with E-state index in [0.29, 0.717) is 18.9 Å². The van der Waals surface area contributed by atoms with Crippen LogP contribution in [-0.4, -0.2) is 15.6 Å². The van der Waals surface area contributed by atoms with Gasteiger partial charge in [-0.3, -0.25) is 4.79 Å². The van der Waals surface area contributed by atoms with E-state index in [0.717, 1.165) is 6.07 Å². The Morgan fingerprint density at radius 3 is 2.42 bits per heavy atom. The molecule has 0 saturated heterocycles. The molecule has 0 amide bonds. The molecule has 24 heavy (non-hydrogen) atoms. The first-order valence-corrected chi connectivity index (χ1v) is 7.38. The molecular formula is C16H13F4NO3. The van der Waals surface area contributed by atoms with Gasteiger partial charge < -0.3 is 9.67 Å². The number of benzene rings is 1. The van der Waals surface area contributed by atoms with Crippen molar-refractivity contribution < 1.29 is 27.5 Å². The number of carboxylic acids is 1. The number of alkyl halides is 3. The molecule has 2 aromatic rings. The van der Waals surface area contributed by atoms with E-state index in [1.807, 2.05) is 0 Å². The van der Waals surface area contributed by atoms with Crippen LogP contribution in [0.4, 0.5) is 17.6 Å². The molecule has 128 valence electrons. The van der Waals surface area contributed by atoms with Crippen molar-refractivity contribution >= 4 is 16.9 Å². The highest BCUT2D eigenvalue weighted by atomic mass is 19.4. The third-order valence-electron chi connectivity index (χ3n) is 4.16. The standard InChI is InChI=1S/C16H13F4NO3/c1-2-10-11(15(23)24)14(22)8-5-6-9(17)12(16(18,19)20)13(8)21(10)7-3-4-7/h5-7H,2-4H2,1H3,(H,23,24). The summed E-state index contributed by atoms with van der Waals surface area (Å²) in [5.74, 6) is -2.97. The molecule has 0 aliphatic heterocycles. The van der Waals surface area contributed by atoms with Crippen molar-refractivity contribution in [2.24, 2.45) is 0 Å². The van der Waals surface area contributed by atoms with Crippen LogP contribution in [0.2, 0.25) is 0 Å². The molecule has 4 nitrogen and oxygen atoms in total. The summed E-state index contributed by atoms with van der Waals surface area (Å²) in [5.41, 5.74) is -3.64. The molecular weight excluding hydrogens is 330 g/mol. The number of aromatic carboxylic acids is 1. The van der Waals surface area contributed by atoms with E-state index in [2.05, 4.69) is 0 Å². The quantitative estimate of drug-likeness (QED) is 0.864. The van der Waals surface area contributed by atoms with Crippen LogP contribution in [0, 0.1) is 5.82 Å². The molecule has 1 aromatic carbocycles. The van der Waals surface area contributed by atoms with Gasteiger partial charge in [-0.1, -0.05) is 6.92 Å². The zero-order chi connectivity index (χ0) is 17.8. The summed E-state index contributed by atoms with van der Waals surface area (Å²) in [7, 11) is 0. The van der Waals surface area contributed by atoms with Gasteiger partial charge in [-0.15, -0.1) is 0 Å². The molecule has 1 saturated carbocycles. The van der Waals surface area contributed by atoms with Gasteiger partial charge in [0.2, 0.25) is 5.43 Å². The van der Waals surface area contributed by atoms with E-state index < -0.39 is 45.4 Å². The minimum Gasteiger partial charge on any atom is -0.477 e. The maximum Gasteiger partial charge on any atom is 0.421 e. The molecule has 8 heteroatoms. The average molecular weight is 343 g/mol. The largest absolute Gasteiger partial charge is 0.477 e. The second-order valence-electron chi connectivity index (χ2n) is 5.73. The third kappa shape index (κ3) is 2.37. The van der Waals surface area contributed by atoms with Crippen LogP contribution in [-0.2, 0) is 12.6 Å². The molecule has 0 atom stereocenters. The second-order valence-corrected chi connectivity index (χ2v) is 5.73. The van der Waals surface area contributed by atoms with Crippen molar-refractivity contribution in [3.63, 3.8) is 0 Å². The molecule has 1 aromatic heterocycles. The van der Waals surface area contributed by atoms with Crippen LogP contribution in [0.1, 0.15) is 47.4 Å². The zero-order valence-corrected chi connectivity index (χ0v) is 12.6. The van der Waals surface area contributed by atoms with Crippen LogP contribution >= 0.6 is 0 Å². The lowest BCUT2D eigenvalue weighted by Crippen LogP contribution is -2.26. The van der Waals surface area contributed by atoms with Gasteiger partial charge in [-0.25, -0.2) is 9.18 Å². The third-order valence-corrected chi connectivity index (χ3v) is 4.16. The van der Waals surface area contributed by atoms with Crippen molar-refractivity contribution in [3.8, 4) is 0 Å².